The molecule has 21 heavy (non-hydrogen) atoms. The first-order chi connectivity index (χ1) is 10.2. The van der Waals surface area contributed by atoms with Gasteiger partial charge >= 0.3 is 0 Å². The fourth-order valence-corrected chi connectivity index (χ4v) is 3.79. The molecule has 2 atom stereocenters. The summed E-state index contributed by atoms with van der Waals surface area (Å²) >= 11 is 0. The number of hydrogen-bond acceptors (Lipinski definition) is 2. The number of fused-ring (bicyclic) bond motifs is 1. The molecular formula is C17H23FN2O. The Balaban J connectivity index is 1.51. The zero-order valence-electron chi connectivity index (χ0n) is 12.4. The van der Waals surface area contributed by atoms with Crippen molar-refractivity contribution in [1.29, 1.82) is 0 Å². The van der Waals surface area contributed by atoms with Crippen LogP contribution >= 0.6 is 0 Å². The Hall–Kier alpha value is -1.42. The Morgan fingerprint density at radius 2 is 2.05 bits per heavy atom. The van der Waals surface area contributed by atoms with E-state index < -0.39 is 0 Å². The highest BCUT2D eigenvalue weighted by atomic mass is 19.1. The summed E-state index contributed by atoms with van der Waals surface area (Å²) in [6.07, 6.45) is 6.62. The summed E-state index contributed by atoms with van der Waals surface area (Å²) in [5.41, 5.74) is 0.535. The standard InChI is InChI=1S/C17H23FN2O/c18-15-6-3-7-16(10-15)19-17(21)12-20-9-8-13-4-1-2-5-14(13)11-20/h3,6-7,10,13-14H,1-2,4-5,8-9,11-12H2,(H,19,21). The zero-order chi connectivity index (χ0) is 14.7. The van der Waals surface area contributed by atoms with Crippen molar-refractivity contribution >= 4 is 11.6 Å². The number of piperidine rings is 1. The Kier molecular flexibility index (Phi) is 4.54. The maximum atomic E-state index is 13.1. The lowest BCUT2D eigenvalue weighted by Gasteiger charge is -2.41. The lowest BCUT2D eigenvalue weighted by atomic mass is 9.75. The summed E-state index contributed by atoms with van der Waals surface area (Å²) in [5, 5.41) is 2.78. The molecule has 2 aliphatic rings. The number of nitrogens with one attached hydrogen (secondary N) is 1. The molecule has 1 aliphatic carbocycles. The van der Waals surface area contributed by atoms with Gasteiger partial charge in [0.25, 0.3) is 0 Å². The zero-order valence-corrected chi connectivity index (χ0v) is 12.4. The highest BCUT2D eigenvalue weighted by Crippen LogP contribution is 2.35. The molecule has 1 amide bonds. The van der Waals surface area contributed by atoms with Crippen LogP contribution in [0.3, 0.4) is 0 Å². The summed E-state index contributed by atoms with van der Waals surface area (Å²) < 4.78 is 13.1. The smallest absolute Gasteiger partial charge is 0.238 e. The highest BCUT2D eigenvalue weighted by molar-refractivity contribution is 5.92. The van der Waals surface area contributed by atoms with Gasteiger partial charge in [0, 0.05) is 12.2 Å². The molecule has 1 saturated heterocycles. The molecule has 1 aliphatic heterocycles. The maximum Gasteiger partial charge on any atom is 0.238 e. The van der Waals surface area contributed by atoms with E-state index in [1.54, 1.807) is 12.1 Å². The van der Waals surface area contributed by atoms with Crippen molar-refractivity contribution < 1.29 is 9.18 Å². The number of amides is 1. The second-order valence-corrected chi connectivity index (χ2v) is 6.39. The molecule has 0 aromatic heterocycles. The molecule has 3 rings (SSSR count). The number of anilines is 1. The number of rotatable bonds is 3. The molecular weight excluding hydrogens is 267 g/mol. The minimum Gasteiger partial charge on any atom is -0.325 e. The molecule has 1 heterocycles. The monoisotopic (exact) mass is 290 g/mol. The van der Waals surface area contributed by atoms with Crippen molar-refractivity contribution in [2.75, 3.05) is 25.0 Å². The molecule has 1 saturated carbocycles. The first-order valence-corrected chi connectivity index (χ1v) is 7.98. The van der Waals surface area contributed by atoms with Crippen LogP contribution in [-0.2, 0) is 4.79 Å². The normalized spacial score (nSPS) is 26.1. The van der Waals surface area contributed by atoms with E-state index in [9.17, 15) is 9.18 Å². The molecule has 3 nitrogen and oxygen atoms in total. The second-order valence-electron chi connectivity index (χ2n) is 6.39. The van der Waals surface area contributed by atoms with Crippen LogP contribution in [0.2, 0.25) is 0 Å². The van der Waals surface area contributed by atoms with Gasteiger partial charge < -0.3 is 5.32 Å². The van der Waals surface area contributed by atoms with Crippen LogP contribution in [-0.4, -0.2) is 30.4 Å². The third kappa shape index (κ3) is 3.82. The molecule has 1 aromatic rings. The number of nitrogens with zero attached hydrogens (tertiary/aromatic N) is 1. The highest BCUT2D eigenvalue weighted by Gasteiger charge is 2.31. The van der Waals surface area contributed by atoms with Crippen LogP contribution in [0.25, 0.3) is 0 Å². The SMILES string of the molecule is O=C(CN1CCC2CCCCC2C1)Nc1cccc(F)c1. The average Bonchev–Trinajstić information content (AvgIpc) is 2.47. The first-order valence-electron chi connectivity index (χ1n) is 7.98. The predicted octanol–water partition coefficient (Wildman–Crippen LogP) is 3.28. The molecule has 2 unspecified atom stereocenters. The molecule has 0 radical (unpaired) electrons. The van der Waals surface area contributed by atoms with E-state index in [1.807, 2.05) is 0 Å². The van der Waals surface area contributed by atoms with Gasteiger partial charge in [0.1, 0.15) is 5.82 Å². The van der Waals surface area contributed by atoms with Gasteiger partial charge in [-0.05, 0) is 49.4 Å². The number of hydrogen-bond donors (Lipinski definition) is 1. The molecule has 114 valence electrons. The third-order valence-electron chi connectivity index (χ3n) is 4.85. The molecule has 2 fully saturated rings. The first kappa shape index (κ1) is 14.5. The van der Waals surface area contributed by atoms with Gasteiger partial charge in [0.05, 0.1) is 6.54 Å². The third-order valence-corrected chi connectivity index (χ3v) is 4.85. The van der Waals surface area contributed by atoms with Gasteiger partial charge in [-0.1, -0.05) is 25.3 Å². The minimum absolute atomic E-state index is 0.0464. The van der Waals surface area contributed by atoms with Crippen LogP contribution in [0.4, 0.5) is 10.1 Å². The largest absolute Gasteiger partial charge is 0.325 e. The molecule has 0 spiro atoms. The Morgan fingerprint density at radius 1 is 1.24 bits per heavy atom. The van der Waals surface area contributed by atoms with E-state index in [1.165, 1.54) is 44.2 Å². The van der Waals surface area contributed by atoms with E-state index in [-0.39, 0.29) is 11.7 Å². The topological polar surface area (TPSA) is 32.3 Å². The van der Waals surface area contributed by atoms with E-state index in [4.69, 9.17) is 0 Å². The van der Waals surface area contributed by atoms with Crippen LogP contribution < -0.4 is 5.32 Å². The molecule has 4 heteroatoms. The lowest BCUT2D eigenvalue weighted by molar-refractivity contribution is -0.118. The Bertz CT molecular complexity index is 505. The fourth-order valence-electron chi connectivity index (χ4n) is 3.79. The van der Waals surface area contributed by atoms with E-state index in [2.05, 4.69) is 10.2 Å². The van der Waals surface area contributed by atoms with Crippen molar-refractivity contribution in [1.82, 2.24) is 4.90 Å². The minimum atomic E-state index is -0.323. The summed E-state index contributed by atoms with van der Waals surface area (Å²) in [6.45, 7) is 2.47. The van der Waals surface area contributed by atoms with E-state index in [0.717, 1.165) is 24.9 Å². The van der Waals surface area contributed by atoms with Crippen LogP contribution in [0.15, 0.2) is 24.3 Å². The van der Waals surface area contributed by atoms with Crippen molar-refractivity contribution in [3.63, 3.8) is 0 Å². The van der Waals surface area contributed by atoms with E-state index in [0.29, 0.717) is 12.2 Å². The van der Waals surface area contributed by atoms with Crippen LogP contribution in [0, 0.1) is 17.7 Å². The predicted molar refractivity (Wildman–Crippen MR) is 81.5 cm³/mol. The van der Waals surface area contributed by atoms with Gasteiger partial charge in [0.2, 0.25) is 5.91 Å². The second kappa shape index (κ2) is 6.56. The molecule has 1 N–H and O–H groups in total. The maximum absolute atomic E-state index is 13.1. The number of benzene rings is 1. The Labute approximate surface area is 125 Å². The van der Waals surface area contributed by atoms with Crippen molar-refractivity contribution in [2.24, 2.45) is 11.8 Å². The van der Waals surface area contributed by atoms with Gasteiger partial charge in [-0.25, -0.2) is 4.39 Å². The van der Waals surface area contributed by atoms with Crippen molar-refractivity contribution in [3.8, 4) is 0 Å². The van der Waals surface area contributed by atoms with Gasteiger partial charge in [-0.3, -0.25) is 9.69 Å². The van der Waals surface area contributed by atoms with Crippen LogP contribution in [0.1, 0.15) is 32.1 Å². The summed E-state index contributed by atoms with van der Waals surface area (Å²) in [7, 11) is 0. The van der Waals surface area contributed by atoms with Gasteiger partial charge in [-0.15, -0.1) is 0 Å². The number of carbonyl (C=O) groups is 1. The van der Waals surface area contributed by atoms with Crippen molar-refractivity contribution in [3.05, 3.63) is 30.1 Å². The van der Waals surface area contributed by atoms with E-state index >= 15 is 0 Å². The fraction of sp³-hybridized carbons (Fsp3) is 0.588. The summed E-state index contributed by atoms with van der Waals surface area (Å²) in [4.78, 5) is 14.3. The number of likely N-dealkylation sites (tertiary alicyclic amines) is 1. The van der Waals surface area contributed by atoms with Gasteiger partial charge in [0.15, 0.2) is 0 Å². The molecule has 0 bridgehead atoms. The quantitative estimate of drug-likeness (QED) is 0.926. The number of carbonyl (C=O) groups excluding carboxylic acids is 1. The molecule has 1 aromatic carbocycles. The lowest BCUT2D eigenvalue weighted by Crippen LogP contribution is -2.44. The summed E-state index contributed by atoms with van der Waals surface area (Å²) in [5.74, 6) is 1.28. The van der Waals surface area contributed by atoms with Crippen molar-refractivity contribution in [2.45, 2.75) is 32.1 Å². The van der Waals surface area contributed by atoms with Gasteiger partial charge in [-0.2, -0.15) is 0 Å². The number of halogens is 1. The van der Waals surface area contributed by atoms with Crippen LogP contribution in [0.5, 0.6) is 0 Å². The Morgan fingerprint density at radius 3 is 2.86 bits per heavy atom. The average molecular weight is 290 g/mol. The summed E-state index contributed by atoms with van der Waals surface area (Å²) in [6, 6.07) is 6.06.